The number of nitrogens with one attached hydrogen (secondary N) is 1. The molecule has 6 nitrogen and oxygen atoms in total. The lowest BCUT2D eigenvalue weighted by Gasteiger charge is -2.30. The van der Waals surface area contributed by atoms with Crippen molar-refractivity contribution in [3.8, 4) is 0 Å². The number of carboxylic acid groups (broad SMARTS) is 1. The van der Waals surface area contributed by atoms with Crippen LogP contribution >= 0.6 is 0 Å². The van der Waals surface area contributed by atoms with Gasteiger partial charge in [-0.15, -0.1) is 0 Å². The summed E-state index contributed by atoms with van der Waals surface area (Å²) in [5.41, 5.74) is 0. The van der Waals surface area contributed by atoms with Gasteiger partial charge in [0.2, 0.25) is 0 Å². The van der Waals surface area contributed by atoms with Crippen molar-refractivity contribution in [1.29, 1.82) is 0 Å². The van der Waals surface area contributed by atoms with E-state index in [-0.39, 0.29) is 6.54 Å². The average molecular weight is 230 g/mol. The van der Waals surface area contributed by atoms with Crippen LogP contribution in [0.3, 0.4) is 0 Å². The van der Waals surface area contributed by atoms with Crippen LogP contribution in [0.25, 0.3) is 0 Å². The first-order valence-corrected chi connectivity index (χ1v) is 5.53. The minimum absolute atomic E-state index is 0.167. The second-order valence-electron chi connectivity index (χ2n) is 3.76. The van der Waals surface area contributed by atoms with Crippen LogP contribution in [0.2, 0.25) is 0 Å². The quantitative estimate of drug-likeness (QED) is 0.678. The number of unbranched alkanes of at least 4 members (excludes halogenated alkanes) is 1. The van der Waals surface area contributed by atoms with Crippen molar-refractivity contribution in [2.45, 2.75) is 25.8 Å². The molecule has 1 rings (SSSR count). The van der Waals surface area contributed by atoms with Crippen LogP contribution in [0.1, 0.15) is 19.8 Å². The molecule has 1 aliphatic heterocycles. The second kappa shape index (κ2) is 6.32. The molecule has 1 fully saturated rings. The van der Waals surface area contributed by atoms with E-state index in [1.54, 1.807) is 0 Å². The van der Waals surface area contributed by atoms with Gasteiger partial charge in [0, 0.05) is 13.1 Å². The predicted molar refractivity (Wildman–Crippen MR) is 57.3 cm³/mol. The lowest BCUT2D eigenvalue weighted by molar-refractivity contribution is -0.140. The number of nitrogens with zero attached hydrogens (tertiary/aromatic N) is 1. The molecule has 0 saturated carbocycles. The average Bonchev–Trinajstić information content (AvgIpc) is 2.29. The molecule has 1 saturated heterocycles. The molecule has 1 aliphatic rings. The summed E-state index contributed by atoms with van der Waals surface area (Å²) < 4.78 is 5.02. The van der Waals surface area contributed by atoms with Gasteiger partial charge in [-0.1, -0.05) is 13.3 Å². The van der Waals surface area contributed by atoms with Crippen LogP contribution < -0.4 is 5.32 Å². The summed E-state index contributed by atoms with van der Waals surface area (Å²) >= 11 is 0. The predicted octanol–water partition coefficient (Wildman–Crippen LogP) is 0.281. The van der Waals surface area contributed by atoms with E-state index in [2.05, 4.69) is 5.32 Å². The van der Waals surface area contributed by atoms with Crippen molar-refractivity contribution in [1.82, 2.24) is 10.2 Å². The fraction of sp³-hybridized carbons (Fsp3) is 0.800. The van der Waals surface area contributed by atoms with Gasteiger partial charge in [0.1, 0.15) is 6.04 Å². The first-order chi connectivity index (χ1) is 7.65. The molecule has 0 bridgehead atoms. The first-order valence-electron chi connectivity index (χ1n) is 5.53. The largest absolute Gasteiger partial charge is 0.480 e. The molecule has 0 aliphatic carbocycles. The van der Waals surface area contributed by atoms with E-state index in [4.69, 9.17) is 9.84 Å². The Labute approximate surface area is 94.6 Å². The van der Waals surface area contributed by atoms with Crippen LogP contribution in [0.5, 0.6) is 0 Å². The number of piperazine rings is 1. The summed E-state index contributed by atoms with van der Waals surface area (Å²) in [6, 6.07) is -0.688. The number of carbonyl (C=O) groups excluding carboxylic acids is 1. The number of ether oxygens (including phenoxy) is 1. The van der Waals surface area contributed by atoms with E-state index in [1.807, 2.05) is 6.92 Å². The lowest BCUT2D eigenvalue weighted by atomic mass is 10.2. The maximum Gasteiger partial charge on any atom is 0.409 e. The smallest absolute Gasteiger partial charge is 0.409 e. The number of rotatable bonds is 4. The molecule has 1 amide bonds. The van der Waals surface area contributed by atoms with Gasteiger partial charge in [0.15, 0.2) is 0 Å². The SMILES string of the molecule is CCCCOC(=O)N1CCNC(C(=O)O)C1. The van der Waals surface area contributed by atoms with E-state index in [9.17, 15) is 9.59 Å². The summed E-state index contributed by atoms with van der Waals surface area (Å²) in [5, 5.41) is 11.6. The number of carboxylic acids is 1. The standard InChI is InChI=1S/C10H18N2O4/c1-2-3-6-16-10(15)12-5-4-11-8(7-12)9(13)14/h8,11H,2-7H2,1H3,(H,13,14). The number of hydrogen-bond acceptors (Lipinski definition) is 4. The van der Waals surface area contributed by atoms with Gasteiger partial charge in [0.05, 0.1) is 13.2 Å². The molecule has 0 aromatic carbocycles. The van der Waals surface area contributed by atoms with Gasteiger partial charge in [-0.3, -0.25) is 4.79 Å². The van der Waals surface area contributed by atoms with Crippen LogP contribution in [0.4, 0.5) is 4.79 Å². The van der Waals surface area contributed by atoms with E-state index in [0.29, 0.717) is 19.7 Å². The fourth-order valence-electron chi connectivity index (χ4n) is 1.48. The highest BCUT2D eigenvalue weighted by atomic mass is 16.6. The Morgan fingerprint density at radius 2 is 2.31 bits per heavy atom. The van der Waals surface area contributed by atoms with E-state index >= 15 is 0 Å². The zero-order chi connectivity index (χ0) is 12.0. The van der Waals surface area contributed by atoms with Crippen LogP contribution in [0, 0.1) is 0 Å². The highest BCUT2D eigenvalue weighted by molar-refractivity contribution is 5.76. The molecule has 1 atom stereocenters. The van der Waals surface area contributed by atoms with Gasteiger partial charge < -0.3 is 20.1 Å². The topological polar surface area (TPSA) is 78.9 Å². The monoisotopic (exact) mass is 230 g/mol. The van der Waals surface area contributed by atoms with Crippen LogP contribution in [0.15, 0.2) is 0 Å². The third-order valence-electron chi connectivity index (χ3n) is 2.46. The Morgan fingerprint density at radius 3 is 2.94 bits per heavy atom. The molecule has 0 aromatic heterocycles. The van der Waals surface area contributed by atoms with Crippen molar-refractivity contribution < 1.29 is 19.4 Å². The maximum atomic E-state index is 11.5. The summed E-state index contributed by atoms with van der Waals surface area (Å²) in [6.07, 6.45) is 1.38. The minimum Gasteiger partial charge on any atom is -0.480 e. The molecule has 16 heavy (non-hydrogen) atoms. The van der Waals surface area contributed by atoms with E-state index in [0.717, 1.165) is 12.8 Å². The summed E-state index contributed by atoms with van der Waals surface area (Å²) in [4.78, 5) is 23.7. The van der Waals surface area contributed by atoms with Crippen molar-refractivity contribution >= 4 is 12.1 Å². The molecule has 6 heteroatoms. The Bertz CT molecular complexity index is 257. The Hall–Kier alpha value is -1.30. The van der Waals surface area contributed by atoms with Gasteiger partial charge >= 0.3 is 12.1 Å². The van der Waals surface area contributed by atoms with Gasteiger partial charge in [-0.2, -0.15) is 0 Å². The Kier molecular flexibility index (Phi) is 5.04. The summed E-state index contributed by atoms with van der Waals surface area (Å²) in [6.45, 7) is 3.56. The number of amides is 1. The van der Waals surface area contributed by atoms with Crippen molar-refractivity contribution in [2.75, 3.05) is 26.2 Å². The zero-order valence-electron chi connectivity index (χ0n) is 9.44. The maximum absolute atomic E-state index is 11.5. The third-order valence-corrected chi connectivity index (χ3v) is 2.46. The molecule has 1 heterocycles. The third kappa shape index (κ3) is 3.69. The van der Waals surface area contributed by atoms with Crippen molar-refractivity contribution in [3.05, 3.63) is 0 Å². The molecule has 0 radical (unpaired) electrons. The van der Waals surface area contributed by atoms with Gasteiger partial charge in [0.25, 0.3) is 0 Å². The van der Waals surface area contributed by atoms with E-state index in [1.165, 1.54) is 4.90 Å². The van der Waals surface area contributed by atoms with Crippen LogP contribution in [-0.4, -0.2) is 54.4 Å². The minimum atomic E-state index is -0.939. The molecule has 0 spiro atoms. The lowest BCUT2D eigenvalue weighted by Crippen LogP contribution is -2.55. The summed E-state index contributed by atoms with van der Waals surface area (Å²) in [7, 11) is 0. The molecule has 1 unspecified atom stereocenters. The van der Waals surface area contributed by atoms with E-state index < -0.39 is 18.1 Å². The molecular weight excluding hydrogens is 212 g/mol. The molecular formula is C10H18N2O4. The number of hydrogen-bond donors (Lipinski definition) is 2. The summed E-state index contributed by atoms with van der Waals surface area (Å²) in [5.74, 6) is -0.939. The van der Waals surface area contributed by atoms with Gasteiger partial charge in [-0.05, 0) is 6.42 Å². The second-order valence-corrected chi connectivity index (χ2v) is 3.76. The molecule has 2 N–H and O–H groups in total. The number of aliphatic carboxylic acids is 1. The molecule has 0 aromatic rings. The van der Waals surface area contributed by atoms with Crippen LogP contribution in [-0.2, 0) is 9.53 Å². The highest BCUT2D eigenvalue weighted by Crippen LogP contribution is 2.03. The van der Waals surface area contributed by atoms with Crippen molar-refractivity contribution in [3.63, 3.8) is 0 Å². The van der Waals surface area contributed by atoms with Gasteiger partial charge in [-0.25, -0.2) is 4.79 Å². The molecule has 92 valence electrons. The zero-order valence-corrected chi connectivity index (χ0v) is 9.44. The normalized spacial score (nSPS) is 20.6. The Balaban J connectivity index is 2.35. The Morgan fingerprint density at radius 1 is 1.56 bits per heavy atom. The first kappa shape index (κ1) is 12.8. The number of carbonyl (C=O) groups is 2. The highest BCUT2D eigenvalue weighted by Gasteiger charge is 2.28. The van der Waals surface area contributed by atoms with Crippen molar-refractivity contribution in [2.24, 2.45) is 0 Å². The fourth-order valence-corrected chi connectivity index (χ4v) is 1.48.